The molecule has 4 fully saturated rings. The zero-order chi connectivity index (χ0) is 29.4. The molecule has 12 nitrogen and oxygen atoms in total. The number of carbonyl (C=O) groups excluding carboxylic acids is 1. The number of para-hydroxylation sites is 1. The van der Waals surface area contributed by atoms with Gasteiger partial charge in [0.2, 0.25) is 5.91 Å². The van der Waals surface area contributed by atoms with Crippen LogP contribution >= 0.6 is 0 Å². The molecule has 6 rings (SSSR count). The molecule has 1 aromatic carbocycles. The molecular weight excluding hydrogens is 525 g/mol. The number of nitriles is 1. The van der Waals surface area contributed by atoms with E-state index in [0.717, 1.165) is 25.7 Å². The maximum absolute atomic E-state index is 13.4. The molecule has 1 amide bonds. The van der Waals surface area contributed by atoms with Gasteiger partial charge in [-0.15, -0.1) is 0 Å². The molecule has 3 N–H and O–H groups in total. The van der Waals surface area contributed by atoms with E-state index in [9.17, 15) is 14.9 Å². The zero-order valence-corrected chi connectivity index (χ0v) is 23.9. The van der Waals surface area contributed by atoms with Gasteiger partial charge in [-0.3, -0.25) is 14.9 Å². The number of hydrogen-bond acceptors (Lipinski definition) is 9. The molecule has 2 heterocycles. The average molecular weight is 563 g/mol. The smallest absolute Gasteiger partial charge is 0.404 e. The number of hydrogen-bond donors (Lipinski definition) is 2. The Bertz CT molecular complexity index is 1340. The van der Waals surface area contributed by atoms with Gasteiger partial charge in [0.1, 0.15) is 12.4 Å². The highest BCUT2D eigenvalue weighted by molar-refractivity contribution is 6.47. The fourth-order valence-electron chi connectivity index (χ4n) is 7.08. The summed E-state index contributed by atoms with van der Waals surface area (Å²) in [6.07, 6.45) is 4.41. The van der Waals surface area contributed by atoms with Crippen LogP contribution in [0.3, 0.4) is 0 Å². The summed E-state index contributed by atoms with van der Waals surface area (Å²) < 4.78 is 14.6. The van der Waals surface area contributed by atoms with Crippen molar-refractivity contribution in [1.82, 2.24) is 20.1 Å². The van der Waals surface area contributed by atoms with E-state index < -0.39 is 17.6 Å². The topological polar surface area (TPSA) is 171 Å². The first kappa shape index (κ1) is 29.2. The number of unbranched alkanes of at least 4 members (excludes halogenated alkanes) is 1. The lowest BCUT2D eigenvalue weighted by atomic mass is 9.43. The van der Waals surface area contributed by atoms with E-state index in [0.29, 0.717) is 36.2 Å². The van der Waals surface area contributed by atoms with Crippen LogP contribution in [0.15, 0.2) is 24.3 Å². The Labute approximate surface area is 240 Å². The molecule has 5 atom stereocenters. The maximum Gasteiger partial charge on any atom is 0.481 e. The number of nitrogens with two attached hydrogens (primary N) is 1. The molecule has 2 unspecified atom stereocenters. The fraction of sp³-hybridized carbons (Fsp3) is 0.643. The number of aromatic nitrogens is 3. The van der Waals surface area contributed by atoms with Gasteiger partial charge >= 0.3 is 7.12 Å². The molecule has 2 aromatic rings. The van der Waals surface area contributed by atoms with Gasteiger partial charge in [-0.1, -0.05) is 38.5 Å². The van der Waals surface area contributed by atoms with Crippen molar-refractivity contribution in [2.24, 2.45) is 23.0 Å². The Kier molecular flexibility index (Phi) is 8.19. The van der Waals surface area contributed by atoms with Crippen LogP contribution in [0.25, 0.3) is 0 Å². The normalized spacial score (nSPS) is 26.5. The second-order valence-corrected chi connectivity index (χ2v) is 12.3. The van der Waals surface area contributed by atoms with E-state index in [4.69, 9.17) is 20.3 Å². The van der Waals surface area contributed by atoms with Crippen molar-refractivity contribution in [3.63, 3.8) is 0 Å². The second-order valence-electron chi connectivity index (χ2n) is 12.3. The van der Waals surface area contributed by atoms with Gasteiger partial charge in [0.15, 0.2) is 5.82 Å². The van der Waals surface area contributed by atoms with Gasteiger partial charge < -0.3 is 20.4 Å². The maximum atomic E-state index is 13.4. The van der Waals surface area contributed by atoms with E-state index in [1.807, 2.05) is 6.07 Å². The zero-order valence-electron chi connectivity index (χ0n) is 23.9. The lowest BCUT2D eigenvalue weighted by Gasteiger charge is -2.64. The number of rotatable bonds is 12. The van der Waals surface area contributed by atoms with Crippen LogP contribution in [0.4, 0.5) is 5.69 Å². The Hall–Kier alpha value is -3.34. The van der Waals surface area contributed by atoms with Gasteiger partial charge in [0.25, 0.3) is 5.69 Å². The van der Waals surface area contributed by atoms with Crippen LogP contribution < -0.4 is 11.1 Å². The van der Waals surface area contributed by atoms with E-state index in [1.54, 1.807) is 18.2 Å². The highest BCUT2D eigenvalue weighted by Gasteiger charge is 2.68. The third kappa shape index (κ3) is 5.60. The lowest BCUT2D eigenvalue weighted by Crippen LogP contribution is -2.65. The minimum atomic E-state index is -0.571. The number of nitro groups is 1. The summed E-state index contributed by atoms with van der Waals surface area (Å²) in [5, 5.41) is 28.2. The summed E-state index contributed by atoms with van der Waals surface area (Å²) in [7, 11) is -0.571. The first-order valence-electron chi connectivity index (χ1n) is 14.4. The molecule has 2 bridgehead atoms. The Morgan fingerprint density at radius 2 is 2.12 bits per heavy atom. The fourth-order valence-corrected chi connectivity index (χ4v) is 7.08. The van der Waals surface area contributed by atoms with Crippen LogP contribution in [0, 0.1) is 38.7 Å². The van der Waals surface area contributed by atoms with E-state index in [-0.39, 0.29) is 54.3 Å². The molecule has 1 saturated heterocycles. The summed E-state index contributed by atoms with van der Waals surface area (Å²) in [6, 6.07) is 8.40. The SMILES string of the molecule is CC1(C)[C@H]2CC3OB(C(CCCCN)NC(=O)Cn4nc(CC#N)nc4Cc4ccccc4[N+](=O)[O-])O[C@@]3(C)[C@@H]1C2. The van der Waals surface area contributed by atoms with Crippen molar-refractivity contribution in [2.45, 2.75) is 89.9 Å². The molecule has 4 aliphatic rings. The highest BCUT2D eigenvalue weighted by atomic mass is 16.7. The van der Waals surface area contributed by atoms with E-state index >= 15 is 0 Å². The van der Waals surface area contributed by atoms with Gasteiger partial charge in [-0.2, -0.15) is 10.4 Å². The number of nitrogens with one attached hydrogen (secondary N) is 1. The number of nitrogens with zero attached hydrogens (tertiary/aromatic N) is 5. The third-order valence-corrected chi connectivity index (χ3v) is 9.47. The van der Waals surface area contributed by atoms with Gasteiger partial charge in [-0.05, 0) is 56.4 Å². The third-order valence-electron chi connectivity index (χ3n) is 9.47. The van der Waals surface area contributed by atoms with Crippen molar-refractivity contribution < 1.29 is 19.0 Å². The summed E-state index contributed by atoms with van der Waals surface area (Å²) in [5.41, 5.74) is 5.96. The van der Waals surface area contributed by atoms with Crippen LogP contribution in [-0.2, 0) is 33.5 Å². The first-order chi connectivity index (χ1) is 19.6. The van der Waals surface area contributed by atoms with Crippen LogP contribution in [0.5, 0.6) is 0 Å². The van der Waals surface area contributed by atoms with Crippen LogP contribution in [0.2, 0.25) is 0 Å². The van der Waals surface area contributed by atoms with Crippen LogP contribution in [-0.4, -0.2) is 56.9 Å². The minimum Gasteiger partial charge on any atom is -0.404 e. The summed E-state index contributed by atoms with van der Waals surface area (Å²) in [5.74, 6) is 0.964. The van der Waals surface area contributed by atoms with Crippen molar-refractivity contribution in [3.05, 3.63) is 51.6 Å². The number of nitro benzene ring substituents is 1. The average Bonchev–Trinajstić information content (AvgIpc) is 3.47. The Morgan fingerprint density at radius 1 is 1.34 bits per heavy atom. The number of carbonyl (C=O) groups is 1. The second kappa shape index (κ2) is 11.5. The molecule has 3 saturated carbocycles. The Balaban J connectivity index is 1.32. The van der Waals surface area contributed by atoms with Gasteiger partial charge in [-0.25, -0.2) is 9.67 Å². The Morgan fingerprint density at radius 3 is 2.83 bits per heavy atom. The van der Waals surface area contributed by atoms with Gasteiger partial charge in [0.05, 0.1) is 35.1 Å². The number of benzene rings is 1. The largest absolute Gasteiger partial charge is 0.481 e. The summed E-state index contributed by atoms with van der Waals surface area (Å²) >= 11 is 0. The van der Waals surface area contributed by atoms with E-state index in [2.05, 4.69) is 36.2 Å². The van der Waals surface area contributed by atoms with Gasteiger partial charge in [0, 0.05) is 18.1 Å². The monoisotopic (exact) mass is 563 g/mol. The first-order valence-corrected chi connectivity index (χ1v) is 14.4. The molecule has 218 valence electrons. The van der Waals surface area contributed by atoms with Crippen molar-refractivity contribution in [1.29, 1.82) is 5.26 Å². The summed E-state index contributed by atoms with van der Waals surface area (Å²) in [4.78, 5) is 28.9. The minimum absolute atomic E-state index is 0.00435. The molecule has 0 radical (unpaired) electrons. The molecule has 0 spiro atoms. The molecule has 3 aliphatic carbocycles. The summed E-state index contributed by atoms with van der Waals surface area (Å²) in [6.45, 7) is 7.17. The predicted octanol–water partition coefficient (Wildman–Crippen LogP) is 2.72. The lowest BCUT2D eigenvalue weighted by molar-refractivity contribution is -0.385. The number of amides is 1. The molecular formula is C28H38BN7O5. The predicted molar refractivity (Wildman–Crippen MR) is 150 cm³/mol. The quantitative estimate of drug-likeness (QED) is 0.170. The molecule has 41 heavy (non-hydrogen) atoms. The molecule has 13 heteroatoms. The van der Waals surface area contributed by atoms with Crippen molar-refractivity contribution in [2.75, 3.05) is 6.54 Å². The van der Waals surface area contributed by atoms with Crippen molar-refractivity contribution in [3.8, 4) is 6.07 Å². The standard InChI is InChI=1S/C28H38BN7O5/c1-27(2)19-15-21(27)28(3)22(16-19)40-29(41-28)23(10-6-7-12-30)32-26(37)17-35-25(33-24(34-35)11-13-31)14-18-8-4-5-9-20(18)36(38)39/h4-5,8-9,19,21-23H,6-7,10-12,14-17,30H2,1-3H3,(H,32,37)/t19-,21-,22?,23?,28+/m1/s1. The van der Waals surface area contributed by atoms with Crippen LogP contribution in [0.1, 0.15) is 70.1 Å². The van der Waals surface area contributed by atoms with Crippen molar-refractivity contribution >= 4 is 18.7 Å². The van der Waals surface area contributed by atoms with E-state index in [1.165, 1.54) is 10.7 Å². The highest BCUT2D eigenvalue weighted by Crippen LogP contribution is 2.65. The molecule has 1 aliphatic heterocycles. The molecule has 1 aromatic heterocycles.